The second-order valence-electron chi connectivity index (χ2n) is 4.25. The van der Waals surface area contributed by atoms with E-state index in [1.54, 1.807) is 19.5 Å². The number of hydrogen-bond acceptors (Lipinski definition) is 5. The largest absolute Gasteiger partial charge is 0.388 e. The minimum Gasteiger partial charge on any atom is -0.388 e. The molecule has 17 heavy (non-hydrogen) atoms. The fourth-order valence-electron chi connectivity index (χ4n) is 1.82. The first-order chi connectivity index (χ1) is 8.15. The van der Waals surface area contributed by atoms with E-state index in [1.807, 2.05) is 0 Å². The van der Waals surface area contributed by atoms with Gasteiger partial charge in [-0.2, -0.15) is 0 Å². The predicted molar refractivity (Wildman–Crippen MR) is 70.0 cm³/mol. The van der Waals surface area contributed by atoms with E-state index in [4.69, 9.17) is 22.7 Å². The monoisotopic (exact) mass is 252 g/mol. The summed E-state index contributed by atoms with van der Waals surface area (Å²) in [6, 6.07) is 0. The van der Waals surface area contributed by atoms with Gasteiger partial charge < -0.3 is 15.8 Å². The zero-order chi connectivity index (χ0) is 12.3. The van der Waals surface area contributed by atoms with Gasteiger partial charge in [-0.25, -0.2) is 9.97 Å². The summed E-state index contributed by atoms with van der Waals surface area (Å²) in [4.78, 5) is 8.58. The zero-order valence-corrected chi connectivity index (χ0v) is 10.6. The van der Waals surface area contributed by atoms with Crippen molar-refractivity contribution in [3.63, 3.8) is 0 Å². The number of anilines is 1. The highest BCUT2D eigenvalue weighted by atomic mass is 32.1. The molecule has 0 amide bonds. The molecule has 1 aliphatic carbocycles. The lowest BCUT2D eigenvalue weighted by molar-refractivity contribution is -0.0601. The molecule has 0 aromatic carbocycles. The van der Waals surface area contributed by atoms with Crippen molar-refractivity contribution < 1.29 is 4.74 Å². The maximum atomic E-state index is 5.51. The lowest BCUT2D eigenvalue weighted by atomic mass is 9.80. The van der Waals surface area contributed by atoms with Crippen LogP contribution in [-0.4, -0.2) is 34.2 Å². The van der Waals surface area contributed by atoms with Crippen molar-refractivity contribution in [3.8, 4) is 0 Å². The summed E-state index contributed by atoms with van der Waals surface area (Å²) in [7, 11) is 1.75. The van der Waals surface area contributed by atoms with Crippen molar-refractivity contribution in [1.82, 2.24) is 9.97 Å². The smallest absolute Gasteiger partial charge is 0.144 e. The van der Waals surface area contributed by atoms with E-state index in [0.717, 1.165) is 19.4 Å². The van der Waals surface area contributed by atoms with Crippen molar-refractivity contribution in [2.75, 3.05) is 19.0 Å². The molecule has 0 bridgehead atoms. The molecule has 0 radical (unpaired) electrons. The summed E-state index contributed by atoms with van der Waals surface area (Å²) in [5.41, 5.74) is 5.96. The van der Waals surface area contributed by atoms with E-state index < -0.39 is 0 Å². The van der Waals surface area contributed by atoms with Crippen LogP contribution in [0.4, 0.5) is 5.82 Å². The maximum absolute atomic E-state index is 5.51. The van der Waals surface area contributed by atoms with Gasteiger partial charge in [0.15, 0.2) is 0 Å². The molecule has 0 aliphatic heterocycles. The van der Waals surface area contributed by atoms with Gasteiger partial charge >= 0.3 is 0 Å². The van der Waals surface area contributed by atoms with E-state index in [9.17, 15) is 0 Å². The van der Waals surface area contributed by atoms with Gasteiger partial charge in [0.1, 0.15) is 16.5 Å². The molecule has 1 saturated carbocycles. The molecular weight excluding hydrogens is 236 g/mol. The van der Waals surface area contributed by atoms with Crippen LogP contribution < -0.4 is 11.1 Å². The van der Waals surface area contributed by atoms with Crippen molar-refractivity contribution in [3.05, 3.63) is 18.1 Å². The van der Waals surface area contributed by atoms with Crippen LogP contribution in [-0.2, 0) is 4.74 Å². The van der Waals surface area contributed by atoms with Gasteiger partial charge in [0, 0.05) is 13.7 Å². The fraction of sp³-hybridized carbons (Fsp3) is 0.545. The van der Waals surface area contributed by atoms with E-state index in [0.29, 0.717) is 11.5 Å². The standard InChI is InChI=1S/C11H16N4OS/c1-16-11(3-2-4-11)7-15-9-6-13-8(5-14-9)10(12)17/h5-6H,2-4,7H2,1H3,(H2,12,17)(H,14,15). The second-order valence-corrected chi connectivity index (χ2v) is 4.69. The molecule has 2 rings (SSSR count). The highest BCUT2D eigenvalue weighted by molar-refractivity contribution is 7.80. The summed E-state index contributed by atoms with van der Waals surface area (Å²) >= 11 is 4.81. The lowest BCUT2D eigenvalue weighted by Gasteiger charge is -2.40. The number of nitrogens with zero attached hydrogens (tertiary/aromatic N) is 2. The molecule has 6 heteroatoms. The van der Waals surface area contributed by atoms with Gasteiger partial charge in [0.25, 0.3) is 0 Å². The molecule has 0 saturated heterocycles. The van der Waals surface area contributed by atoms with Crippen molar-refractivity contribution in [2.45, 2.75) is 24.9 Å². The molecule has 1 aromatic rings. The van der Waals surface area contributed by atoms with Gasteiger partial charge in [-0.3, -0.25) is 0 Å². The van der Waals surface area contributed by atoms with E-state index in [2.05, 4.69) is 15.3 Å². The third-order valence-corrected chi connectivity index (χ3v) is 3.40. The molecule has 0 unspecified atom stereocenters. The zero-order valence-electron chi connectivity index (χ0n) is 9.77. The summed E-state index contributed by atoms with van der Waals surface area (Å²) in [5, 5.41) is 3.22. The number of rotatable bonds is 5. The molecule has 92 valence electrons. The normalized spacial score (nSPS) is 17.2. The minimum atomic E-state index is -0.0243. The van der Waals surface area contributed by atoms with Gasteiger partial charge in [-0.15, -0.1) is 0 Å². The summed E-state index contributed by atoms with van der Waals surface area (Å²) in [6.07, 6.45) is 6.62. The number of ether oxygens (including phenoxy) is 1. The first-order valence-electron chi connectivity index (χ1n) is 5.56. The van der Waals surface area contributed by atoms with Gasteiger partial charge in [0.05, 0.1) is 18.0 Å². The molecule has 1 heterocycles. The number of nitrogens with one attached hydrogen (secondary N) is 1. The number of thiocarbonyl (C=S) groups is 1. The Labute approximate surface area is 106 Å². The van der Waals surface area contributed by atoms with E-state index in [-0.39, 0.29) is 10.6 Å². The maximum Gasteiger partial charge on any atom is 0.144 e. The number of aromatic nitrogens is 2. The van der Waals surface area contributed by atoms with Gasteiger partial charge in [-0.05, 0) is 19.3 Å². The Balaban J connectivity index is 1.93. The summed E-state index contributed by atoms with van der Waals surface area (Å²) < 4.78 is 5.51. The lowest BCUT2D eigenvalue weighted by Crippen LogP contribution is -2.45. The Hall–Kier alpha value is -1.27. The molecule has 1 aliphatic rings. The van der Waals surface area contributed by atoms with Crippen LogP contribution in [0.5, 0.6) is 0 Å². The Morgan fingerprint density at radius 1 is 1.53 bits per heavy atom. The summed E-state index contributed by atoms with van der Waals surface area (Å²) in [6.45, 7) is 0.755. The van der Waals surface area contributed by atoms with Crippen LogP contribution in [0.15, 0.2) is 12.4 Å². The number of hydrogen-bond donors (Lipinski definition) is 2. The Kier molecular flexibility index (Phi) is 3.54. The molecule has 5 nitrogen and oxygen atoms in total. The highest BCUT2D eigenvalue weighted by Gasteiger charge is 2.36. The fourth-order valence-corrected chi connectivity index (χ4v) is 1.93. The van der Waals surface area contributed by atoms with Gasteiger partial charge in [-0.1, -0.05) is 12.2 Å². The molecule has 0 atom stereocenters. The van der Waals surface area contributed by atoms with Crippen LogP contribution in [0.25, 0.3) is 0 Å². The molecule has 1 aromatic heterocycles. The van der Waals surface area contributed by atoms with Gasteiger partial charge in [0.2, 0.25) is 0 Å². The van der Waals surface area contributed by atoms with E-state index >= 15 is 0 Å². The molecule has 3 N–H and O–H groups in total. The van der Waals surface area contributed by atoms with Crippen LogP contribution in [0, 0.1) is 0 Å². The molecular formula is C11H16N4OS. The topological polar surface area (TPSA) is 73.1 Å². The average molecular weight is 252 g/mol. The first-order valence-corrected chi connectivity index (χ1v) is 5.97. The first kappa shape index (κ1) is 12.2. The number of methoxy groups -OCH3 is 1. The van der Waals surface area contributed by atoms with Crippen LogP contribution >= 0.6 is 12.2 Å². The minimum absolute atomic E-state index is 0.0243. The Morgan fingerprint density at radius 3 is 2.71 bits per heavy atom. The predicted octanol–water partition coefficient (Wildman–Crippen LogP) is 1.09. The Morgan fingerprint density at radius 2 is 2.29 bits per heavy atom. The third kappa shape index (κ3) is 2.70. The van der Waals surface area contributed by atoms with Crippen molar-refractivity contribution >= 4 is 23.0 Å². The third-order valence-electron chi connectivity index (χ3n) is 3.19. The average Bonchev–Trinajstić information content (AvgIpc) is 2.29. The van der Waals surface area contributed by atoms with E-state index in [1.165, 1.54) is 6.42 Å². The second kappa shape index (κ2) is 4.93. The summed E-state index contributed by atoms with van der Waals surface area (Å²) in [5.74, 6) is 0.716. The molecule has 1 fully saturated rings. The quantitative estimate of drug-likeness (QED) is 0.764. The van der Waals surface area contributed by atoms with Crippen LogP contribution in [0.1, 0.15) is 25.0 Å². The van der Waals surface area contributed by atoms with Crippen molar-refractivity contribution in [2.24, 2.45) is 5.73 Å². The van der Waals surface area contributed by atoms with Crippen molar-refractivity contribution in [1.29, 1.82) is 0 Å². The molecule has 0 spiro atoms. The SMILES string of the molecule is COC1(CNc2cnc(C(N)=S)cn2)CCC1. The van der Waals surface area contributed by atoms with Crippen LogP contribution in [0.2, 0.25) is 0 Å². The van der Waals surface area contributed by atoms with Crippen LogP contribution in [0.3, 0.4) is 0 Å². The number of nitrogens with two attached hydrogens (primary N) is 1. The highest BCUT2D eigenvalue weighted by Crippen LogP contribution is 2.34. The Bertz CT molecular complexity index is 397.